The minimum Gasteiger partial charge on any atom is -0.316 e. The van der Waals surface area contributed by atoms with Crippen molar-refractivity contribution >= 4 is 0 Å². The van der Waals surface area contributed by atoms with Crippen molar-refractivity contribution in [2.75, 3.05) is 13.1 Å². The van der Waals surface area contributed by atoms with Gasteiger partial charge in [0.2, 0.25) is 0 Å². The summed E-state index contributed by atoms with van der Waals surface area (Å²) in [6.45, 7) is 8.41. The fraction of sp³-hybridized carbons (Fsp3) is 0.750. The molecule has 1 heteroatoms. The molecule has 1 aliphatic rings. The Bertz CT molecular complexity index is 101. The van der Waals surface area contributed by atoms with Crippen molar-refractivity contribution in [3.05, 3.63) is 12.7 Å². The van der Waals surface area contributed by atoms with Crippen molar-refractivity contribution in [1.29, 1.82) is 0 Å². The maximum absolute atomic E-state index is 3.74. The van der Waals surface area contributed by atoms with Crippen molar-refractivity contribution in [3.8, 4) is 0 Å². The van der Waals surface area contributed by atoms with Gasteiger partial charge < -0.3 is 5.32 Å². The highest BCUT2D eigenvalue weighted by molar-refractivity contribution is 4.89. The molecule has 1 rings (SSSR count). The minimum absolute atomic E-state index is 0.516. The van der Waals surface area contributed by atoms with Crippen LogP contribution in [0.25, 0.3) is 0 Å². The van der Waals surface area contributed by atoms with E-state index >= 15 is 0 Å². The molecule has 0 amide bonds. The molecule has 0 unspecified atom stereocenters. The predicted molar refractivity (Wildman–Crippen MR) is 40.4 cm³/mol. The molecule has 9 heavy (non-hydrogen) atoms. The summed E-state index contributed by atoms with van der Waals surface area (Å²) >= 11 is 0. The third-order valence-electron chi connectivity index (χ3n) is 2.09. The standard InChI is InChI=1S/C8H15N/c1-3-4-8(2)5-6-9-7-8/h3,9H,1,4-7H2,2H3/t8-/m1/s1. The lowest BCUT2D eigenvalue weighted by molar-refractivity contribution is 0.371. The highest BCUT2D eigenvalue weighted by Gasteiger charge is 2.26. The van der Waals surface area contributed by atoms with Crippen molar-refractivity contribution in [2.45, 2.75) is 19.8 Å². The topological polar surface area (TPSA) is 12.0 Å². The summed E-state index contributed by atoms with van der Waals surface area (Å²) in [7, 11) is 0. The zero-order chi connectivity index (χ0) is 6.74. The number of hydrogen-bond donors (Lipinski definition) is 1. The van der Waals surface area contributed by atoms with Crippen molar-refractivity contribution in [3.63, 3.8) is 0 Å². The third kappa shape index (κ3) is 1.55. The van der Waals surface area contributed by atoms with Crippen molar-refractivity contribution in [1.82, 2.24) is 5.32 Å². The lowest BCUT2D eigenvalue weighted by atomic mass is 9.86. The van der Waals surface area contributed by atoms with Crippen LogP contribution in [0, 0.1) is 5.41 Å². The largest absolute Gasteiger partial charge is 0.316 e. The smallest absolute Gasteiger partial charge is 0.000861 e. The average Bonchev–Trinajstić information content (AvgIpc) is 2.16. The summed E-state index contributed by atoms with van der Waals surface area (Å²) in [4.78, 5) is 0. The van der Waals surface area contributed by atoms with E-state index in [1.165, 1.54) is 19.5 Å². The molecule has 1 nitrogen and oxygen atoms in total. The molecular formula is C8H15N. The Balaban J connectivity index is 2.40. The van der Waals surface area contributed by atoms with Gasteiger partial charge in [-0.2, -0.15) is 0 Å². The van der Waals surface area contributed by atoms with Crippen LogP contribution in [0.3, 0.4) is 0 Å². The summed E-state index contributed by atoms with van der Waals surface area (Å²) in [6, 6.07) is 0. The number of allylic oxidation sites excluding steroid dienone is 1. The van der Waals surface area contributed by atoms with E-state index in [0.717, 1.165) is 6.42 Å². The average molecular weight is 125 g/mol. The second kappa shape index (κ2) is 2.53. The van der Waals surface area contributed by atoms with Gasteiger partial charge in [0, 0.05) is 6.54 Å². The van der Waals surface area contributed by atoms with Crippen LogP contribution in [0.5, 0.6) is 0 Å². The van der Waals surface area contributed by atoms with Gasteiger partial charge in [-0.25, -0.2) is 0 Å². The molecule has 0 aliphatic carbocycles. The lowest BCUT2D eigenvalue weighted by Crippen LogP contribution is -2.18. The zero-order valence-corrected chi connectivity index (χ0v) is 6.11. The van der Waals surface area contributed by atoms with Gasteiger partial charge in [-0.05, 0) is 24.8 Å². The summed E-state index contributed by atoms with van der Waals surface area (Å²) in [5.41, 5.74) is 0.516. The molecule has 52 valence electrons. The molecule has 1 fully saturated rings. The minimum atomic E-state index is 0.516. The van der Waals surface area contributed by atoms with Gasteiger partial charge >= 0.3 is 0 Å². The van der Waals surface area contributed by atoms with Crippen LogP contribution in [0.2, 0.25) is 0 Å². The third-order valence-corrected chi connectivity index (χ3v) is 2.09. The Kier molecular flexibility index (Phi) is 1.91. The Morgan fingerprint density at radius 2 is 2.56 bits per heavy atom. The molecule has 0 saturated carbocycles. The van der Waals surface area contributed by atoms with Crippen LogP contribution in [0.4, 0.5) is 0 Å². The summed E-state index contributed by atoms with van der Waals surface area (Å²) in [5.74, 6) is 0. The van der Waals surface area contributed by atoms with Gasteiger partial charge in [0.1, 0.15) is 0 Å². The molecule has 1 aliphatic heterocycles. The number of hydrogen-bond acceptors (Lipinski definition) is 1. The molecule has 0 aromatic carbocycles. The van der Waals surface area contributed by atoms with E-state index in [2.05, 4.69) is 18.8 Å². The van der Waals surface area contributed by atoms with Crippen LogP contribution in [-0.2, 0) is 0 Å². The highest BCUT2D eigenvalue weighted by atomic mass is 14.9. The Labute approximate surface area is 57.1 Å². The summed E-state index contributed by atoms with van der Waals surface area (Å²) < 4.78 is 0. The first-order chi connectivity index (χ1) is 4.27. The van der Waals surface area contributed by atoms with Crippen molar-refractivity contribution in [2.24, 2.45) is 5.41 Å². The van der Waals surface area contributed by atoms with Gasteiger partial charge in [-0.1, -0.05) is 13.0 Å². The SMILES string of the molecule is C=CC[C@]1(C)CCNC1. The first-order valence-electron chi connectivity index (χ1n) is 3.58. The second-order valence-corrected chi connectivity index (χ2v) is 3.23. The van der Waals surface area contributed by atoms with Crippen LogP contribution >= 0.6 is 0 Å². The molecule has 0 radical (unpaired) electrons. The van der Waals surface area contributed by atoms with Crippen LogP contribution in [0.15, 0.2) is 12.7 Å². The van der Waals surface area contributed by atoms with E-state index in [1.807, 2.05) is 6.08 Å². The fourth-order valence-electron chi connectivity index (χ4n) is 1.39. The van der Waals surface area contributed by atoms with Gasteiger partial charge in [0.25, 0.3) is 0 Å². The molecule has 0 spiro atoms. The molecule has 1 N–H and O–H groups in total. The Morgan fingerprint density at radius 1 is 1.78 bits per heavy atom. The second-order valence-electron chi connectivity index (χ2n) is 3.23. The quantitative estimate of drug-likeness (QED) is 0.552. The van der Waals surface area contributed by atoms with E-state index in [9.17, 15) is 0 Å². The maximum Gasteiger partial charge on any atom is 0.000861 e. The molecular weight excluding hydrogens is 110 g/mol. The van der Waals surface area contributed by atoms with E-state index < -0.39 is 0 Å². The predicted octanol–water partition coefficient (Wildman–Crippen LogP) is 1.56. The molecule has 1 heterocycles. The molecule has 0 aromatic heterocycles. The van der Waals surface area contributed by atoms with E-state index in [1.54, 1.807) is 0 Å². The molecule has 1 saturated heterocycles. The molecule has 0 bridgehead atoms. The number of nitrogens with one attached hydrogen (secondary N) is 1. The monoisotopic (exact) mass is 125 g/mol. The fourth-order valence-corrected chi connectivity index (χ4v) is 1.39. The zero-order valence-electron chi connectivity index (χ0n) is 6.11. The van der Waals surface area contributed by atoms with E-state index in [4.69, 9.17) is 0 Å². The first-order valence-corrected chi connectivity index (χ1v) is 3.58. The van der Waals surface area contributed by atoms with Crippen LogP contribution < -0.4 is 5.32 Å². The molecule has 0 aromatic rings. The maximum atomic E-state index is 3.74. The normalized spacial score (nSPS) is 34.8. The summed E-state index contributed by atoms with van der Waals surface area (Å²) in [6.07, 6.45) is 4.48. The van der Waals surface area contributed by atoms with Gasteiger partial charge in [0.05, 0.1) is 0 Å². The summed E-state index contributed by atoms with van der Waals surface area (Å²) in [5, 5.41) is 3.35. The van der Waals surface area contributed by atoms with Crippen LogP contribution in [-0.4, -0.2) is 13.1 Å². The number of rotatable bonds is 2. The van der Waals surface area contributed by atoms with E-state index in [-0.39, 0.29) is 0 Å². The van der Waals surface area contributed by atoms with E-state index in [0.29, 0.717) is 5.41 Å². The van der Waals surface area contributed by atoms with Gasteiger partial charge in [-0.15, -0.1) is 6.58 Å². The first kappa shape index (κ1) is 6.81. The Morgan fingerprint density at radius 3 is 3.00 bits per heavy atom. The lowest BCUT2D eigenvalue weighted by Gasteiger charge is -2.19. The molecule has 1 atom stereocenters. The van der Waals surface area contributed by atoms with Gasteiger partial charge in [0.15, 0.2) is 0 Å². The van der Waals surface area contributed by atoms with Crippen LogP contribution in [0.1, 0.15) is 19.8 Å². The van der Waals surface area contributed by atoms with Gasteiger partial charge in [-0.3, -0.25) is 0 Å². The highest BCUT2D eigenvalue weighted by Crippen LogP contribution is 2.28. The Hall–Kier alpha value is -0.300. The van der Waals surface area contributed by atoms with Crippen molar-refractivity contribution < 1.29 is 0 Å².